The predicted molar refractivity (Wildman–Crippen MR) is 112 cm³/mol. The molecular weight excluding hydrogens is 366 g/mol. The number of carbonyl (C=O) groups is 2. The molecule has 4 rings (SSSR count). The number of benzene rings is 2. The van der Waals surface area contributed by atoms with E-state index in [4.69, 9.17) is 0 Å². The van der Waals surface area contributed by atoms with E-state index in [1.807, 2.05) is 68.4 Å². The largest absolute Gasteiger partial charge is 0.321 e. The maximum atomic E-state index is 12.8. The quantitative estimate of drug-likeness (QED) is 0.743. The molecule has 0 saturated carbocycles. The third-order valence-electron chi connectivity index (χ3n) is 4.72. The summed E-state index contributed by atoms with van der Waals surface area (Å²) in [6, 6.07) is 16.9. The summed E-state index contributed by atoms with van der Waals surface area (Å²) < 4.78 is 1.80. The molecule has 0 fully saturated rings. The predicted octanol–water partition coefficient (Wildman–Crippen LogP) is 3.61. The van der Waals surface area contributed by atoms with Gasteiger partial charge in [-0.2, -0.15) is 10.2 Å². The Labute approximate surface area is 168 Å². The van der Waals surface area contributed by atoms with E-state index in [2.05, 4.69) is 15.5 Å². The smallest absolute Gasteiger partial charge is 0.271 e. The number of rotatable bonds is 4. The van der Waals surface area contributed by atoms with Crippen LogP contribution in [0.1, 0.15) is 24.1 Å². The molecule has 0 saturated heterocycles. The standard InChI is InChI=1S/C22H21N5O2/c1-15-5-3-7-18(13-15)27-21(28)10-9-20(25-27)22(29)24-17-6-4-8-19(14-17)26-16(2)11-12-23-26/h3-8,11-14H,9-10H2,1-2H3,(H,24,29). The SMILES string of the molecule is Cc1cccc(N2N=C(C(=O)Nc3cccc(-n4nccc4C)c3)CCC2=O)c1. The molecular formula is C22H21N5O2. The van der Waals surface area contributed by atoms with Crippen molar-refractivity contribution in [3.05, 3.63) is 72.1 Å². The molecule has 29 heavy (non-hydrogen) atoms. The Kier molecular flexibility index (Phi) is 4.95. The fourth-order valence-corrected chi connectivity index (χ4v) is 3.24. The van der Waals surface area contributed by atoms with Crippen LogP contribution in [0.3, 0.4) is 0 Å². The van der Waals surface area contributed by atoms with Gasteiger partial charge in [-0.25, -0.2) is 9.69 Å². The fourth-order valence-electron chi connectivity index (χ4n) is 3.24. The number of nitrogens with one attached hydrogen (secondary N) is 1. The van der Waals surface area contributed by atoms with E-state index in [1.165, 1.54) is 5.01 Å². The Bertz CT molecular complexity index is 1120. The van der Waals surface area contributed by atoms with Crippen LogP contribution >= 0.6 is 0 Å². The minimum atomic E-state index is -0.315. The first-order valence-corrected chi connectivity index (χ1v) is 9.41. The zero-order valence-corrected chi connectivity index (χ0v) is 16.3. The molecule has 2 aromatic carbocycles. The van der Waals surface area contributed by atoms with Crippen LogP contribution in [0.2, 0.25) is 0 Å². The number of nitrogens with zero attached hydrogens (tertiary/aromatic N) is 4. The van der Waals surface area contributed by atoms with Crippen molar-refractivity contribution in [2.24, 2.45) is 5.10 Å². The number of amides is 2. The van der Waals surface area contributed by atoms with Crippen molar-refractivity contribution in [3.8, 4) is 5.69 Å². The number of aryl methyl sites for hydroxylation is 2. The van der Waals surface area contributed by atoms with Crippen LogP contribution in [0.15, 0.2) is 65.9 Å². The molecule has 1 aromatic heterocycles. The molecule has 0 spiro atoms. The lowest BCUT2D eigenvalue weighted by Crippen LogP contribution is -2.36. The first-order valence-electron chi connectivity index (χ1n) is 9.41. The number of anilines is 2. The van der Waals surface area contributed by atoms with E-state index >= 15 is 0 Å². The van der Waals surface area contributed by atoms with Gasteiger partial charge in [0.1, 0.15) is 5.71 Å². The first-order chi connectivity index (χ1) is 14.0. The van der Waals surface area contributed by atoms with Gasteiger partial charge in [-0.05, 0) is 55.8 Å². The van der Waals surface area contributed by atoms with Crippen molar-refractivity contribution < 1.29 is 9.59 Å². The van der Waals surface area contributed by atoms with Gasteiger partial charge >= 0.3 is 0 Å². The van der Waals surface area contributed by atoms with Crippen LogP contribution in [0.5, 0.6) is 0 Å². The number of carbonyl (C=O) groups excluding carboxylic acids is 2. The van der Waals surface area contributed by atoms with Crippen molar-refractivity contribution >= 4 is 28.9 Å². The summed E-state index contributed by atoms with van der Waals surface area (Å²) >= 11 is 0. The summed E-state index contributed by atoms with van der Waals surface area (Å²) in [6.45, 7) is 3.91. The van der Waals surface area contributed by atoms with Gasteiger partial charge in [0.2, 0.25) is 5.91 Å². The molecule has 1 aliphatic rings. The number of aromatic nitrogens is 2. The molecule has 0 unspecified atom stereocenters. The molecule has 2 heterocycles. The lowest BCUT2D eigenvalue weighted by molar-refractivity contribution is -0.118. The molecule has 1 N–H and O–H groups in total. The number of hydrogen-bond acceptors (Lipinski definition) is 4. The average molecular weight is 387 g/mol. The molecule has 2 amide bonds. The molecule has 0 aliphatic carbocycles. The molecule has 0 bridgehead atoms. The van der Waals surface area contributed by atoms with Gasteiger partial charge in [0.05, 0.1) is 11.4 Å². The van der Waals surface area contributed by atoms with Crippen molar-refractivity contribution in [2.75, 3.05) is 10.3 Å². The lowest BCUT2D eigenvalue weighted by Gasteiger charge is -2.23. The molecule has 3 aromatic rings. The van der Waals surface area contributed by atoms with Crippen LogP contribution < -0.4 is 10.3 Å². The Balaban J connectivity index is 1.56. The summed E-state index contributed by atoms with van der Waals surface area (Å²) in [5.41, 5.74) is 4.50. The second-order valence-electron chi connectivity index (χ2n) is 6.98. The lowest BCUT2D eigenvalue weighted by atomic mass is 10.1. The zero-order chi connectivity index (χ0) is 20.4. The number of hydrazone groups is 1. The van der Waals surface area contributed by atoms with E-state index in [1.54, 1.807) is 10.9 Å². The molecule has 7 heteroatoms. The molecule has 0 atom stereocenters. The van der Waals surface area contributed by atoms with Gasteiger partial charge < -0.3 is 5.32 Å². The summed E-state index contributed by atoms with van der Waals surface area (Å²) in [6.07, 6.45) is 2.28. The zero-order valence-electron chi connectivity index (χ0n) is 16.3. The molecule has 7 nitrogen and oxygen atoms in total. The Morgan fingerprint density at radius 1 is 1.00 bits per heavy atom. The van der Waals surface area contributed by atoms with Crippen molar-refractivity contribution in [3.63, 3.8) is 0 Å². The highest BCUT2D eigenvalue weighted by atomic mass is 16.2. The number of hydrogen-bond donors (Lipinski definition) is 1. The second-order valence-corrected chi connectivity index (χ2v) is 6.98. The second kappa shape index (κ2) is 7.71. The third kappa shape index (κ3) is 3.94. The summed E-state index contributed by atoms with van der Waals surface area (Å²) in [4.78, 5) is 25.1. The minimum Gasteiger partial charge on any atom is -0.321 e. The fraction of sp³-hybridized carbons (Fsp3) is 0.182. The highest BCUT2D eigenvalue weighted by Crippen LogP contribution is 2.22. The Hall–Kier alpha value is -3.74. The van der Waals surface area contributed by atoms with Crippen LogP contribution in [-0.2, 0) is 9.59 Å². The highest BCUT2D eigenvalue weighted by molar-refractivity contribution is 6.44. The van der Waals surface area contributed by atoms with Crippen molar-refractivity contribution in [2.45, 2.75) is 26.7 Å². The average Bonchev–Trinajstić information content (AvgIpc) is 3.14. The van der Waals surface area contributed by atoms with Gasteiger partial charge in [-0.15, -0.1) is 0 Å². The van der Waals surface area contributed by atoms with Gasteiger partial charge in [0, 0.05) is 30.4 Å². The molecule has 0 radical (unpaired) electrons. The maximum absolute atomic E-state index is 12.8. The summed E-state index contributed by atoms with van der Waals surface area (Å²) in [7, 11) is 0. The van der Waals surface area contributed by atoms with Gasteiger partial charge in [-0.3, -0.25) is 9.59 Å². The van der Waals surface area contributed by atoms with E-state index in [0.717, 1.165) is 16.9 Å². The van der Waals surface area contributed by atoms with E-state index in [0.29, 0.717) is 23.5 Å². The van der Waals surface area contributed by atoms with Crippen LogP contribution in [0.4, 0.5) is 11.4 Å². The van der Waals surface area contributed by atoms with Crippen LogP contribution in [0, 0.1) is 13.8 Å². The molecule has 146 valence electrons. The monoisotopic (exact) mass is 387 g/mol. The Morgan fingerprint density at radius 2 is 1.79 bits per heavy atom. The third-order valence-corrected chi connectivity index (χ3v) is 4.72. The van der Waals surface area contributed by atoms with E-state index in [9.17, 15) is 9.59 Å². The van der Waals surface area contributed by atoms with E-state index in [-0.39, 0.29) is 18.2 Å². The van der Waals surface area contributed by atoms with Gasteiger partial charge in [-0.1, -0.05) is 18.2 Å². The summed E-state index contributed by atoms with van der Waals surface area (Å²) in [5.74, 6) is -0.437. The highest BCUT2D eigenvalue weighted by Gasteiger charge is 2.25. The normalized spacial score (nSPS) is 13.9. The van der Waals surface area contributed by atoms with Crippen LogP contribution in [0.25, 0.3) is 5.69 Å². The van der Waals surface area contributed by atoms with Gasteiger partial charge in [0.15, 0.2) is 0 Å². The summed E-state index contributed by atoms with van der Waals surface area (Å²) in [5, 5.41) is 12.8. The van der Waals surface area contributed by atoms with Crippen LogP contribution in [-0.4, -0.2) is 27.3 Å². The maximum Gasteiger partial charge on any atom is 0.271 e. The Morgan fingerprint density at radius 3 is 2.55 bits per heavy atom. The van der Waals surface area contributed by atoms with Crippen molar-refractivity contribution in [1.29, 1.82) is 0 Å². The van der Waals surface area contributed by atoms with E-state index < -0.39 is 0 Å². The topological polar surface area (TPSA) is 79.6 Å². The van der Waals surface area contributed by atoms with Gasteiger partial charge in [0.25, 0.3) is 5.91 Å². The van der Waals surface area contributed by atoms with Crippen molar-refractivity contribution in [1.82, 2.24) is 9.78 Å². The first kappa shape index (κ1) is 18.6. The minimum absolute atomic E-state index is 0.122. The molecule has 1 aliphatic heterocycles.